The lowest BCUT2D eigenvalue weighted by Gasteiger charge is -2.26. The Labute approximate surface area is 207 Å². The van der Waals surface area contributed by atoms with Crippen LogP contribution in [0.1, 0.15) is 68.1 Å². The van der Waals surface area contributed by atoms with E-state index in [0.717, 1.165) is 55.2 Å². The lowest BCUT2D eigenvalue weighted by atomic mass is 10.0. The molecule has 2 aromatic rings. The number of amides is 1. The van der Waals surface area contributed by atoms with E-state index in [1.807, 2.05) is 48.5 Å². The van der Waals surface area contributed by atoms with Gasteiger partial charge in [-0.3, -0.25) is 18.6 Å². The topological polar surface area (TPSA) is 93.1 Å². The molecule has 1 unspecified atom stereocenters. The van der Waals surface area contributed by atoms with Crippen molar-refractivity contribution in [2.45, 2.75) is 57.9 Å². The molecular formula is C27H32NO6P. The lowest BCUT2D eigenvalue weighted by molar-refractivity contribution is -0.124. The minimum atomic E-state index is -3.90. The maximum absolute atomic E-state index is 13.2. The summed E-state index contributed by atoms with van der Waals surface area (Å²) in [6.07, 6.45) is 4.89. The first-order valence-electron chi connectivity index (χ1n) is 11.9. The fourth-order valence-corrected chi connectivity index (χ4v) is 4.37. The molecule has 0 aliphatic carbocycles. The van der Waals surface area contributed by atoms with Crippen LogP contribution in [0.4, 0.5) is 5.69 Å². The predicted molar refractivity (Wildman–Crippen MR) is 135 cm³/mol. The normalized spacial score (nSPS) is 13.9. The van der Waals surface area contributed by atoms with E-state index in [-0.39, 0.29) is 31.1 Å². The van der Waals surface area contributed by atoms with Crippen molar-refractivity contribution in [1.82, 2.24) is 0 Å². The number of fused-ring (bicyclic) bond motifs is 2. The molecule has 0 fully saturated rings. The zero-order chi connectivity index (χ0) is 25.1. The smallest absolute Gasteiger partial charge is 0.307 e. The average molecular weight is 498 g/mol. The van der Waals surface area contributed by atoms with Gasteiger partial charge in [0.05, 0.1) is 18.8 Å². The number of rotatable bonds is 13. The fourth-order valence-electron chi connectivity index (χ4n) is 3.90. The molecule has 0 spiro atoms. The number of hydrogen-bond acceptors (Lipinski definition) is 5. The van der Waals surface area contributed by atoms with Gasteiger partial charge < -0.3 is 9.79 Å². The Morgan fingerprint density at radius 1 is 0.914 bits per heavy atom. The van der Waals surface area contributed by atoms with Crippen molar-refractivity contribution in [3.8, 4) is 11.8 Å². The van der Waals surface area contributed by atoms with Crippen LogP contribution in [0.2, 0.25) is 0 Å². The number of phosphoric ester groups is 1. The van der Waals surface area contributed by atoms with E-state index < -0.39 is 7.82 Å². The lowest BCUT2D eigenvalue weighted by Crippen LogP contribution is -2.32. The summed E-state index contributed by atoms with van der Waals surface area (Å²) in [5.41, 5.74) is 3.48. The molecule has 35 heavy (non-hydrogen) atoms. The first kappa shape index (κ1) is 26.8. The molecule has 0 radical (unpaired) electrons. The van der Waals surface area contributed by atoms with E-state index in [9.17, 15) is 14.2 Å². The number of unbranched alkanes of at least 4 members (excludes halogenated alkanes) is 4. The summed E-state index contributed by atoms with van der Waals surface area (Å²) < 4.78 is 20.3. The van der Waals surface area contributed by atoms with E-state index in [1.165, 1.54) is 0 Å². The van der Waals surface area contributed by atoms with Crippen molar-refractivity contribution in [3.63, 3.8) is 0 Å². The molecule has 8 heteroatoms. The van der Waals surface area contributed by atoms with Crippen LogP contribution in [0.25, 0.3) is 0 Å². The van der Waals surface area contributed by atoms with Gasteiger partial charge in [-0.05, 0) is 36.6 Å². The minimum Gasteiger partial charge on any atom is -0.307 e. The summed E-state index contributed by atoms with van der Waals surface area (Å²) >= 11 is 0. The predicted octanol–water partition coefficient (Wildman–Crippen LogP) is 5.39. The zero-order valence-electron chi connectivity index (χ0n) is 20.1. The van der Waals surface area contributed by atoms with Gasteiger partial charge in [-0.1, -0.05) is 61.4 Å². The summed E-state index contributed by atoms with van der Waals surface area (Å²) in [5.74, 6) is 6.39. The molecule has 2 aromatic carbocycles. The molecule has 0 saturated carbocycles. The van der Waals surface area contributed by atoms with Gasteiger partial charge in [0.15, 0.2) is 0 Å². The molecular weight excluding hydrogens is 465 g/mol. The van der Waals surface area contributed by atoms with Crippen LogP contribution >= 0.6 is 7.82 Å². The highest BCUT2D eigenvalue weighted by Crippen LogP contribution is 2.41. The SMILES string of the molecule is COP(=O)(O)OCCCCCCCC(=O)CCC(=O)N1Cc2ccccc2C#Cc2ccccc21. The van der Waals surface area contributed by atoms with Crippen LogP contribution < -0.4 is 4.90 Å². The van der Waals surface area contributed by atoms with Gasteiger partial charge in [-0.25, -0.2) is 4.57 Å². The number of phosphoric acid groups is 1. The second kappa shape index (κ2) is 13.4. The van der Waals surface area contributed by atoms with Crippen molar-refractivity contribution in [2.24, 2.45) is 0 Å². The molecule has 1 N–H and O–H groups in total. The highest BCUT2D eigenvalue weighted by Gasteiger charge is 2.21. The third-order valence-electron chi connectivity index (χ3n) is 5.88. The summed E-state index contributed by atoms with van der Waals surface area (Å²) in [4.78, 5) is 36.5. The van der Waals surface area contributed by atoms with E-state index in [0.29, 0.717) is 19.4 Å². The number of ketones is 1. The van der Waals surface area contributed by atoms with Crippen LogP contribution in [-0.2, 0) is 29.7 Å². The molecule has 186 valence electrons. The van der Waals surface area contributed by atoms with Crippen LogP contribution in [0.15, 0.2) is 48.5 Å². The molecule has 0 saturated heterocycles. The number of benzene rings is 2. The Balaban J connectivity index is 1.43. The second-order valence-electron chi connectivity index (χ2n) is 8.44. The Kier molecular flexibility index (Phi) is 10.3. The Bertz CT molecular complexity index is 1140. The number of nitrogens with zero attached hydrogens (tertiary/aromatic N) is 1. The van der Waals surface area contributed by atoms with E-state index in [4.69, 9.17) is 9.42 Å². The minimum absolute atomic E-state index is 0.0819. The van der Waals surface area contributed by atoms with E-state index in [1.54, 1.807) is 4.90 Å². The molecule has 1 heterocycles. The molecule has 3 rings (SSSR count). The molecule has 1 atom stereocenters. The van der Waals surface area contributed by atoms with Crippen LogP contribution in [0.3, 0.4) is 0 Å². The molecule has 1 aliphatic heterocycles. The Hall–Kier alpha value is -2.75. The van der Waals surface area contributed by atoms with Gasteiger partial charge in [0.25, 0.3) is 0 Å². The third-order valence-corrected chi connectivity index (χ3v) is 6.85. The number of carbonyl (C=O) groups excluding carboxylic acids is 2. The van der Waals surface area contributed by atoms with Gasteiger partial charge in [-0.2, -0.15) is 0 Å². The van der Waals surface area contributed by atoms with Crippen molar-refractivity contribution in [1.29, 1.82) is 0 Å². The number of Topliss-reactive ketones (excluding diaryl/α,β-unsaturated/α-hetero) is 1. The van der Waals surface area contributed by atoms with Crippen molar-refractivity contribution in [3.05, 3.63) is 65.2 Å². The van der Waals surface area contributed by atoms with Crippen LogP contribution in [-0.4, -0.2) is 30.3 Å². The molecule has 1 aliphatic rings. The summed E-state index contributed by atoms with van der Waals surface area (Å²) in [7, 11) is -2.76. The van der Waals surface area contributed by atoms with Crippen molar-refractivity contribution >= 4 is 25.2 Å². The van der Waals surface area contributed by atoms with E-state index >= 15 is 0 Å². The summed E-state index contributed by atoms with van der Waals surface area (Å²) in [6, 6.07) is 15.4. The summed E-state index contributed by atoms with van der Waals surface area (Å²) in [6.45, 7) is 0.590. The third kappa shape index (κ3) is 8.45. The Morgan fingerprint density at radius 2 is 1.57 bits per heavy atom. The van der Waals surface area contributed by atoms with Gasteiger partial charge in [0, 0.05) is 37.5 Å². The van der Waals surface area contributed by atoms with E-state index in [2.05, 4.69) is 16.4 Å². The standard InChI is InChI=1S/C27H32NO6P/c1-33-35(31,32)34-20-10-4-2-3-5-14-25(29)18-19-27(30)28-21-24-13-7-6-11-22(24)16-17-23-12-8-9-15-26(23)28/h6-9,11-13,15H,2-5,10,14,18-21H2,1H3,(H,31,32). The van der Waals surface area contributed by atoms with Crippen LogP contribution in [0, 0.1) is 11.8 Å². The average Bonchev–Trinajstić information content (AvgIpc) is 2.85. The Morgan fingerprint density at radius 3 is 2.37 bits per heavy atom. The van der Waals surface area contributed by atoms with Gasteiger partial charge in [0.2, 0.25) is 5.91 Å². The first-order valence-corrected chi connectivity index (χ1v) is 13.4. The molecule has 0 bridgehead atoms. The number of hydrogen-bond donors (Lipinski definition) is 1. The second-order valence-corrected chi connectivity index (χ2v) is 10.0. The first-order chi connectivity index (χ1) is 16.9. The van der Waals surface area contributed by atoms with Crippen molar-refractivity contribution in [2.75, 3.05) is 18.6 Å². The van der Waals surface area contributed by atoms with Gasteiger partial charge in [0.1, 0.15) is 5.78 Å². The quantitative estimate of drug-likeness (QED) is 0.227. The molecule has 1 amide bonds. The van der Waals surface area contributed by atoms with Crippen molar-refractivity contribution < 1.29 is 28.1 Å². The maximum atomic E-state index is 13.2. The maximum Gasteiger partial charge on any atom is 0.471 e. The number of carbonyl (C=O) groups is 2. The molecule has 0 aromatic heterocycles. The van der Waals surface area contributed by atoms with Gasteiger partial charge in [-0.15, -0.1) is 0 Å². The number of anilines is 1. The largest absolute Gasteiger partial charge is 0.471 e. The monoisotopic (exact) mass is 497 g/mol. The zero-order valence-corrected chi connectivity index (χ0v) is 21.0. The summed E-state index contributed by atoms with van der Waals surface area (Å²) in [5, 5.41) is 0. The highest BCUT2D eigenvalue weighted by molar-refractivity contribution is 7.47. The van der Waals surface area contributed by atoms with Crippen LogP contribution in [0.5, 0.6) is 0 Å². The molecule has 7 nitrogen and oxygen atoms in total. The number of para-hydroxylation sites is 1. The highest BCUT2D eigenvalue weighted by atomic mass is 31.2. The van der Waals surface area contributed by atoms with Gasteiger partial charge >= 0.3 is 7.82 Å². The fraction of sp³-hybridized carbons (Fsp3) is 0.407.